The molecule has 0 amide bonds. The monoisotopic (exact) mass is 300 g/mol. The van der Waals surface area contributed by atoms with Crippen LogP contribution < -0.4 is 0 Å². The van der Waals surface area contributed by atoms with E-state index >= 15 is 0 Å². The number of hydrogen-bond acceptors (Lipinski definition) is 2. The number of thioether (sulfide) groups is 1. The zero-order valence-corrected chi connectivity index (χ0v) is 12.6. The van der Waals surface area contributed by atoms with Crippen molar-refractivity contribution >= 4 is 17.5 Å². The molecule has 2 aromatic carbocycles. The Hall–Kier alpha value is -1.61. The Balaban J connectivity index is 1.55. The molecule has 0 atom stereocenters. The predicted octanol–water partition coefficient (Wildman–Crippen LogP) is 4.22. The van der Waals surface area contributed by atoms with Crippen LogP contribution in [0.25, 0.3) is 0 Å². The van der Waals surface area contributed by atoms with Gasteiger partial charge >= 0.3 is 0 Å². The van der Waals surface area contributed by atoms with Gasteiger partial charge in [0.25, 0.3) is 0 Å². The molecule has 0 heterocycles. The molecule has 0 saturated heterocycles. The summed E-state index contributed by atoms with van der Waals surface area (Å²) in [6.45, 7) is 0. The van der Waals surface area contributed by atoms with Gasteiger partial charge in [0.2, 0.25) is 0 Å². The van der Waals surface area contributed by atoms with Gasteiger partial charge in [-0.1, -0.05) is 18.2 Å². The molecule has 0 fully saturated rings. The predicted molar refractivity (Wildman–Crippen MR) is 84.3 cm³/mol. The summed E-state index contributed by atoms with van der Waals surface area (Å²) in [5.41, 5.74) is 3.76. The van der Waals surface area contributed by atoms with Crippen molar-refractivity contribution in [3.63, 3.8) is 0 Å². The van der Waals surface area contributed by atoms with E-state index < -0.39 is 0 Å². The van der Waals surface area contributed by atoms with Crippen molar-refractivity contribution in [2.24, 2.45) is 0 Å². The Kier molecular flexibility index (Phi) is 4.39. The maximum absolute atomic E-state index is 12.8. The quantitative estimate of drug-likeness (QED) is 0.769. The number of rotatable bonds is 5. The fourth-order valence-electron chi connectivity index (χ4n) is 2.68. The molecule has 3 heteroatoms. The lowest BCUT2D eigenvalue weighted by Gasteiger charge is -2.05. The van der Waals surface area contributed by atoms with Crippen LogP contribution in [0.4, 0.5) is 4.39 Å². The Labute approximate surface area is 128 Å². The minimum atomic E-state index is -0.265. The Morgan fingerprint density at radius 1 is 1.05 bits per heavy atom. The molecule has 0 unspecified atom stereocenters. The fourth-order valence-corrected chi connectivity index (χ4v) is 3.50. The number of carbonyl (C=O) groups excluding carboxylic acids is 1. The molecule has 2 aromatic rings. The minimum absolute atomic E-state index is 0.173. The molecule has 0 spiro atoms. The van der Waals surface area contributed by atoms with Crippen LogP contribution in [0.5, 0.6) is 0 Å². The maximum atomic E-state index is 12.8. The van der Waals surface area contributed by atoms with Crippen molar-refractivity contribution in [2.75, 3.05) is 5.75 Å². The lowest BCUT2D eigenvalue weighted by Crippen LogP contribution is -2.05. The molecule has 0 aliphatic heterocycles. The highest BCUT2D eigenvalue weighted by Gasteiger charge is 2.11. The number of carbonyl (C=O) groups is 1. The number of aryl methyl sites for hydroxylation is 2. The Bertz CT molecular complexity index is 649. The Morgan fingerprint density at radius 3 is 2.62 bits per heavy atom. The molecule has 0 saturated carbocycles. The normalized spacial score (nSPS) is 13.2. The third-order valence-corrected chi connectivity index (χ3v) is 4.84. The summed E-state index contributed by atoms with van der Waals surface area (Å²) < 4.78 is 12.8. The van der Waals surface area contributed by atoms with Crippen molar-refractivity contribution in [3.8, 4) is 0 Å². The third kappa shape index (κ3) is 3.73. The van der Waals surface area contributed by atoms with Crippen molar-refractivity contribution in [1.29, 1.82) is 0 Å². The molecule has 21 heavy (non-hydrogen) atoms. The van der Waals surface area contributed by atoms with Crippen molar-refractivity contribution in [3.05, 3.63) is 65.0 Å². The standard InChI is InChI=1S/C18H17FOS/c19-16-7-4-13(5-8-16)10-17(20)12-21-18-9-6-14-2-1-3-15(14)11-18/h4-9,11H,1-3,10,12H2. The lowest BCUT2D eigenvalue weighted by atomic mass is 10.1. The van der Waals surface area contributed by atoms with Crippen LogP contribution in [0, 0.1) is 5.82 Å². The molecule has 3 rings (SSSR count). The molecular formula is C18H17FOS. The summed E-state index contributed by atoms with van der Waals surface area (Å²) in [5, 5.41) is 0. The van der Waals surface area contributed by atoms with E-state index in [1.165, 1.54) is 41.0 Å². The molecule has 1 aliphatic carbocycles. The zero-order valence-electron chi connectivity index (χ0n) is 11.8. The summed E-state index contributed by atoms with van der Waals surface area (Å²) in [6.07, 6.45) is 3.96. The average Bonchev–Trinajstić information content (AvgIpc) is 2.95. The van der Waals surface area contributed by atoms with E-state index in [9.17, 15) is 9.18 Å². The van der Waals surface area contributed by atoms with Gasteiger partial charge in [0.1, 0.15) is 11.6 Å². The van der Waals surface area contributed by atoms with Gasteiger partial charge in [-0.25, -0.2) is 4.39 Å². The van der Waals surface area contributed by atoms with Crippen molar-refractivity contribution in [1.82, 2.24) is 0 Å². The first-order chi connectivity index (χ1) is 10.2. The summed E-state index contributed by atoms with van der Waals surface area (Å²) in [7, 11) is 0. The van der Waals surface area contributed by atoms with Gasteiger partial charge in [-0.2, -0.15) is 0 Å². The van der Waals surface area contributed by atoms with Crippen LogP contribution in [0.15, 0.2) is 47.4 Å². The fraction of sp³-hybridized carbons (Fsp3) is 0.278. The molecule has 0 bridgehead atoms. The third-order valence-electron chi connectivity index (χ3n) is 3.78. The number of benzene rings is 2. The van der Waals surface area contributed by atoms with Gasteiger partial charge < -0.3 is 0 Å². The lowest BCUT2D eigenvalue weighted by molar-refractivity contribution is -0.116. The summed E-state index contributed by atoms with van der Waals surface area (Å²) >= 11 is 1.59. The van der Waals surface area contributed by atoms with Gasteiger partial charge in [-0.3, -0.25) is 4.79 Å². The van der Waals surface area contributed by atoms with Crippen LogP contribution in [-0.4, -0.2) is 11.5 Å². The summed E-state index contributed by atoms with van der Waals surface area (Å²) in [6, 6.07) is 12.7. The van der Waals surface area contributed by atoms with Crippen LogP contribution in [0.3, 0.4) is 0 Å². The summed E-state index contributed by atoms with van der Waals surface area (Å²) in [4.78, 5) is 13.2. The van der Waals surface area contributed by atoms with Crippen LogP contribution >= 0.6 is 11.8 Å². The highest BCUT2D eigenvalue weighted by atomic mass is 32.2. The average molecular weight is 300 g/mol. The van der Waals surface area contributed by atoms with Crippen molar-refractivity contribution in [2.45, 2.75) is 30.6 Å². The van der Waals surface area contributed by atoms with E-state index in [-0.39, 0.29) is 11.6 Å². The van der Waals surface area contributed by atoms with Gasteiger partial charge in [-0.05, 0) is 60.2 Å². The molecule has 0 radical (unpaired) electrons. The second kappa shape index (κ2) is 6.44. The van der Waals surface area contributed by atoms with Crippen LogP contribution in [0.2, 0.25) is 0 Å². The SMILES string of the molecule is O=C(CSc1ccc2c(c1)CCC2)Cc1ccc(F)cc1. The second-order valence-electron chi connectivity index (χ2n) is 5.41. The van der Waals surface area contributed by atoms with E-state index in [4.69, 9.17) is 0 Å². The maximum Gasteiger partial charge on any atom is 0.147 e. The summed E-state index contributed by atoms with van der Waals surface area (Å²) in [5.74, 6) is 0.377. The van der Waals surface area contributed by atoms with Crippen molar-refractivity contribution < 1.29 is 9.18 Å². The first-order valence-electron chi connectivity index (χ1n) is 7.21. The number of halogens is 1. The smallest absolute Gasteiger partial charge is 0.147 e. The Morgan fingerprint density at radius 2 is 1.81 bits per heavy atom. The van der Waals surface area contributed by atoms with Crippen LogP contribution in [0.1, 0.15) is 23.1 Å². The van der Waals surface area contributed by atoms with E-state index in [2.05, 4.69) is 18.2 Å². The van der Waals surface area contributed by atoms with Gasteiger partial charge in [0.15, 0.2) is 0 Å². The largest absolute Gasteiger partial charge is 0.298 e. The van der Waals surface area contributed by atoms with Crippen LogP contribution in [-0.2, 0) is 24.1 Å². The van der Waals surface area contributed by atoms with E-state index in [0.29, 0.717) is 12.2 Å². The molecule has 1 aliphatic rings. The van der Waals surface area contributed by atoms with E-state index in [1.807, 2.05) is 0 Å². The highest BCUT2D eigenvalue weighted by molar-refractivity contribution is 8.00. The minimum Gasteiger partial charge on any atom is -0.298 e. The molecule has 1 nitrogen and oxygen atoms in total. The second-order valence-corrected chi connectivity index (χ2v) is 6.46. The number of fused-ring (bicyclic) bond motifs is 1. The first-order valence-corrected chi connectivity index (χ1v) is 8.20. The van der Waals surface area contributed by atoms with Gasteiger partial charge in [-0.15, -0.1) is 11.8 Å². The zero-order chi connectivity index (χ0) is 14.7. The number of Topliss-reactive ketones (excluding diaryl/α,β-unsaturated/α-hetero) is 1. The van der Waals surface area contributed by atoms with E-state index in [0.717, 1.165) is 12.0 Å². The number of ketones is 1. The van der Waals surface area contributed by atoms with E-state index in [1.54, 1.807) is 23.9 Å². The molecule has 108 valence electrons. The molecule has 0 aromatic heterocycles. The number of hydrogen-bond donors (Lipinski definition) is 0. The molecular weight excluding hydrogens is 283 g/mol. The van der Waals surface area contributed by atoms with Gasteiger partial charge in [0, 0.05) is 11.3 Å². The van der Waals surface area contributed by atoms with Gasteiger partial charge in [0.05, 0.1) is 5.75 Å². The topological polar surface area (TPSA) is 17.1 Å². The first kappa shape index (κ1) is 14.3. The highest BCUT2D eigenvalue weighted by Crippen LogP contribution is 2.27. The molecule has 0 N–H and O–H groups in total.